The van der Waals surface area contributed by atoms with Crippen LogP contribution in [0.4, 0.5) is 0 Å². The van der Waals surface area contributed by atoms with Crippen molar-refractivity contribution in [3.8, 4) is 0 Å². The first-order valence-electron chi connectivity index (χ1n) is 5.52. The monoisotopic (exact) mass is 222 g/mol. The van der Waals surface area contributed by atoms with Crippen molar-refractivity contribution in [2.75, 3.05) is 19.6 Å². The first-order chi connectivity index (χ1) is 7.77. The van der Waals surface area contributed by atoms with Crippen LogP contribution in [0, 0.1) is 11.8 Å². The van der Waals surface area contributed by atoms with Crippen LogP contribution in [0.25, 0.3) is 0 Å². The number of aromatic amines is 1. The Morgan fingerprint density at radius 1 is 1.50 bits per heavy atom. The number of fused-ring (bicyclic) bond motifs is 1. The van der Waals surface area contributed by atoms with Gasteiger partial charge in [-0.1, -0.05) is 0 Å². The number of amides is 1. The Kier molecular flexibility index (Phi) is 2.13. The second kappa shape index (κ2) is 3.51. The fourth-order valence-electron chi connectivity index (χ4n) is 2.82. The molecule has 0 radical (unpaired) electrons. The summed E-state index contributed by atoms with van der Waals surface area (Å²) in [4.78, 5) is 13.9. The first kappa shape index (κ1) is 9.71. The molecule has 2 N–H and O–H groups in total. The molecule has 0 spiro atoms. The highest BCUT2D eigenvalue weighted by molar-refractivity contribution is 5.90. The van der Waals surface area contributed by atoms with Crippen molar-refractivity contribution in [1.82, 2.24) is 30.8 Å². The number of aromatic nitrogens is 4. The van der Waals surface area contributed by atoms with E-state index in [-0.39, 0.29) is 17.8 Å². The van der Waals surface area contributed by atoms with Gasteiger partial charge in [0.2, 0.25) is 0 Å². The van der Waals surface area contributed by atoms with Crippen LogP contribution in [0.15, 0.2) is 0 Å². The van der Waals surface area contributed by atoms with Crippen molar-refractivity contribution < 1.29 is 4.79 Å². The van der Waals surface area contributed by atoms with Crippen molar-refractivity contribution in [2.45, 2.75) is 13.0 Å². The van der Waals surface area contributed by atoms with E-state index in [1.165, 1.54) is 0 Å². The van der Waals surface area contributed by atoms with Gasteiger partial charge in [0.05, 0.1) is 0 Å². The second-order valence-electron chi connectivity index (χ2n) is 4.52. The van der Waals surface area contributed by atoms with E-state index in [0.29, 0.717) is 11.8 Å². The van der Waals surface area contributed by atoms with E-state index < -0.39 is 0 Å². The Hall–Kier alpha value is -1.50. The van der Waals surface area contributed by atoms with Crippen molar-refractivity contribution >= 4 is 5.91 Å². The van der Waals surface area contributed by atoms with Gasteiger partial charge in [-0.05, 0) is 24.0 Å². The van der Waals surface area contributed by atoms with Crippen LogP contribution in [0.2, 0.25) is 0 Å². The van der Waals surface area contributed by atoms with E-state index in [1.807, 2.05) is 4.90 Å². The lowest BCUT2D eigenvalue weighted by atomic mass is 9.95. The van der Waals surface area contributed by atoms with Crippen molar-refractivity contribution in [3.63, 3.8) is 0 Å². The van der Waals surface area contributed by atoms with E-state index in [1.54, 1.807) is 0 Å². The third-order valence-electron chi connectivity index (χ3n) is 3.73. The maximum Gasteiger partial charge on any atom is 0.295 e. The Morgan fingerprint density at radius 2 is 2.38 bits per heavy atom. The molecule has 3 atom stereocenters. The topological polar surface area (TPSA) is 86.8 Å². The summed E-state index contributed by atoms with van der Waals surface area (Å²) in [6.45, 7) is 4.90. The zero-order valence-corrected chi connectivity index (χ0v) is 9.05. The number of H-pyrrole nitrogens is 1. The quantitative estimate of drug-likeness (QED) is 0.628. The van der Waals surface area contributed by atoms with Gasteiger partial charge in [-0.25, -0.2) is 0 Å². The lowest BCUT2D eigenvalue weighted by molar-refractivity contribution is 0.0716. The number of tetrazole rings is 1. The molecule has 0 aliphatic carbocycles. The predicted octanol–water partition coefficient (Wildman–Crippen LogP) is -1.12. The molecule has 3 heterocycles. The Labute approximate surface area is 92.6 Å². The molecule has 3 rings (SSSR count). The molecule has 1 aromatic heterocycles. The Bertz CT molecular complexity index is 391. The van der Waals surface area contributed by atoms with E-state index in [4.69, 9.17) is 0 Å². The summed E-state index contributed by atoms with van der Waals surface area (Å²) in [6, 6.07) is 0.256. The van der Waals surface area contributed by atoms with Crippen LogP contribution < -0.4 is 5.32 Å². The molecular weight excluding hydrogens is 208 g/mol. The molecule has 16 heavy (non-hydrogen) atoms. The minimum absolute atomic E-state index is 0.115. The Balaban J connectivity index is 1.79. The molecule has 2 aliphatic rings. The number of hydrogen-bond acceptors (Lipinski definition) is 5. The standard InChI is InChI=1S/C9H14N6O/c1-5-7-3-10-2-6(7)4-15(5)9(16)8-11-13-14-12-8/h5-7,10H,2-4H2,1H3,(H,11,12,13,14). The number of carbonyl (C=O) groups is 1. The normalized spacial score (nSPS) is 33.1. The van der Waals surface area contributed by atoms with E-state index in [9.17, 15) is 4.79 Å². The van der Waals surface area contributed by atoms with Gasteiger partial charge in [-0.3, -0.25) is 4.79 Å². The van der Waals surface area contributed by atoms with Crippen LogP contribution >= 0.6 is 0 Å². The summed E-state index contributed by atoms with van der Waals surface area (Å²) >= 11 is 0. The number of likely N-dealkylation sites (tertiary alicyclic amines) is 1. The lowest BCUT2D eigenvalue weighted by Gasteiger charge is -2.22. The fraction of sp³-hybridized carbons (Fsp3) is 0.778. The molecule has 2 saturated heterocycles. The lowest BCUT2D eigenvalue weighted by Crippen LogP contribution is -2.38. The van der Waals surface area contributed by atoms with Gasteiger partial charge in [-0.2, -0.15) is 5.21 Å². The highest BCUT2D eigenvalue weighted by atomic mass is 16.2. The van der Waals surface area contributed by atoms with Crippen molar-refractivity contribution in [2.24, 2.45) is 11.8 Å². The van der Waals surface area contributed by atoms with Gasteiger partial charge < -0.3 is 10.2 Å². The summed E-state index contributed by atoms with van der Waals surface area (Å²) in [5.74, 6) is 1.19. The molecule has 0 saturated carbocycles. The van der Waals surface area contributed by atoms with Gasteiger partial charge in [0.1, 0.15) is 0 Å². The molecule has 3 unspecified atom stereocenters. The molecule has 2 fully saturated rings. The number of hydrogen-bond donors (Lipinski definition) is 2. The zero-order chi connectivity index (χ0) is 11.1. The molecular formula is C9H14N6O. The molecule has 86 valence electrons. The molecule has 7 heteroatoms. The smallest absolute Gasteiger partial charge is 0.295 e. The number of rotatable bonds is 1. The fourth-order valence-corrected chi connectivity index (χ4v) is 2.82. The molecule has 1 aromatic rings. The van der Waals surface area contributed by atoms with Gasteiger partial charge >= 0.3 is 0 Å². The maximum atomic E-state index is 12.1. The van der Waals surface area contributed by atoms with Gasteiger partial charge in [0.25, 0.3) is 11.7 Å². The van der Waals surface area contributed by atoms with Crippen LogP contribution in [0.3, 0.4) is 0 Å². The van der Waals surface area contributed by atoms with Gasteiger partial charge in [0.15, 0.2) is 0 Å². The maximum absolute atomic E-state index is 12.1. The largest absolute Gasteiger partial charge is 0.332 e. The average molecular weight is 222 g/mol. The van der Waals surface area contributed by atoms with Gasteiger partial charge in [0, 0.05) is 25.7 Å². The third-order valence-corrected chi connectivity index (χ3v) is 3.73. The summed E-state index contributed by atoms with van der Waals surface area (Å²) in [5, 5.41) is 16.6. The molecule has 0 aromatic carbocycles. The number of nitrogens with one attached hydrogen (secondary N) is 2. The van der Waals surface area contributed by atoms with E-state index in [0.717, 1.165) is 19.6 Å². The highest BCUT2D eigenvalue weighted by Crippen LogP contribution is 2.32. The van der Waals surface area contributed by atoms with Crippen LogP contribution in [0.5, 0.6) is 0 Å². The average Bonchev–Trinajstić information content (AvgIpc) is 2.95. The Morgan fingerprint density at radius 3 is 3.06 bits per heavy atom. The minimum Gasteiger partial charge on any atom is -0.332 e. The van der Waals surface area contributed by atoms with Crippen molar-refractivity contribution in [1.29, 1.82) is 0 Å². The number of nitrogens with zero attached hydrogens (tertiary/aromatic N) is 4. The van der Waals surface area contributed by atoms with Gasteiger partial charge in [-0.15, -0.1) is 10.2 Å². The summed E-state index contributed by atoms with van der Waals surface area (Å²) < 4.78 is 0. The summed E-state index contributed by atoms with van der Waals surface area (Å²) in [6.07, 6.45) is 0. The van der Waals surface area contributed by atoms with Crippen LogP contribution in [-0.2, 0) is 0 Å². The molecule has 0 bridgehead atoms. The molecule has 2 aliphatic heterocycles. The summed E-state index contributed by atoms with van der Waals surface area (Å²) in [5.41, 5.74) is 0. The van der Waals surface area contributed by atoms with Crippen LogP contribution in [-0.4, -0.2) is 57.1 Å². The number of carbonyl (C=O) groups excluding carboxylic acids is 1. The zero-order valence-electron chi connectivity index (χ0n) is 9.05. The van der Waals surface area contributed by atoms with Crippen LogP contribution in [0.1, 0.15) is 17.5 Å². The molecule has 1 amide bonds. The predicted molar refractivity (Wildman–Crippen MR) is 54.5 cm³/mol. The molecule has 7 nitrogen and oxygen atoms in total. The summed E-state index contributed by atoms with van der Waals surface area (Å²) in [7, 11) is 0. The van der Waals surface area contributed by atoms with Crippen molar-refractivity contribution in [3.05, 3.63) is 5.82 Å². The second-order valence-corrected chi connectivity index (χ2v) is 4.52. The highest BCUT2D eigenvalue weighted by Gasteiger charge is 2.44. The van der Waals surface area contributed by atoms with E-state index >= 15 is 0 Å². The third kappa shape index (κ3) is 1.31. The van der Waals surface area contributed by atoms with E-state index in [2.05, 4.69) is 32.9 Å². The SMILES string of the molecule is CC1C2CNCC2CN1C(=O)c1nn[nH]n1. The first-order valence-corrected chi connectivity index (χ1v) is 5.52. The minimum atomic E-state index is -0.115.